The smallest absolute Gasteiger partial charge is 0.326 e. The van der Waals surface area contributed by atoms with E-state index >= 15 is 0 Å². The van der Waals surface area contributed by atoms with Crippen LogP contribution in [0.5, 0.6) is 0 Å². The number of carboxylic acids is 1. The molecule has 1 aliphatic rings. The van der Waals surface area contributed by atoms with Crippen LogP contribution in [0.3, 0.4) is 0 Å². The highest BCUT2D eigenvalue weighted by Crippen LogP contribution is 2.28. The average Bonchev–Trinajstić information content (AvgIpc) is 3.14. The Morgan fingerprint density at radius 1 is 1.26 bits per heavy atom. The summed E-state index contributed by atoms with van der Waals surface area (Å²) in [6, 6.07) is -0.853. The molecule has 0 heterocycles. The van der Waals surface area contributed by atoms with Gasteiger partial charge in [-0.05, 0) is 25.2 Å². The van der Waals surface area contributed by atoms with Gasteiger partial charge in [-0.1, -0.05) is 13.8 Å². The summed E-state index contributed by atoms with van der Waals surface area (Å²) in [6.45, 7) is 3.95. The van der Waals surface area contributed by atoms with E-state index in [0.717, 1.165) is 12.8 Å². The summed E-state index contributed by atoms with van der Waals surface area (Å²) in [5.41, 5.74) is 0. The molecular formula is C13H22N2O4. The number of hydrogen-bond donors (Lipinski definition) is 3. The summed E-state index contributed by atoms with van der Waals surface area (Å²) in [5.74, 6) is -1.24. The molecule has 0 saturated heterocycles. The van der Waals surface area contributed by atoms with Crippen molar-refractivity contribution in [1.29, 1.82) is 0 Å². The molecule has 0 bridgehead atoms. The van der Waals surface area contributed by atoms with E-state index in [4.69, 9.17) is 5.11 Å². The van der Waals surface area contributed by atoms with Gasteiger partial charge in [0.05, 0.1) is 0 Å². The number of carbonyl (C=O) groups excluding carboxylic acids is 2. The summed E-state index contributed by atoms with van der Waals surface area (Å²) >= 11 is 0. The van der Waals surface area contributed by atoms with E-state index in [1.165, 1.54) is 0 Å². The molecule has 6 heteroatoms. The molecular weight excluding hydrogens is 248 g/mol. The number of hydrogen-bond acceptors (Lipinski definition) is 3. The lowest BCUT2D eigenvalue weighted by Crippen LogP contribution is -2.44. The zero-order valence-electron chi connectivity index (χ0n) is 11.4. The van der Waals surface area contributed by atoms with Crippen LogP contribution in [0.4, 0.5) is 0 Å². The van der Waals surface area contributed by atoms with Gasteiger partial charge in [0.1, 0.15) is 6.04 Å². The van der Waals surface area contributed by atoms with Crippen molar-refractivity contribution in [3.63, 3.8) is 0 Å². The number of aliphatic carboxylic acids is 1. The fourth-order valence-corrected chi connectivity index (χ4v) is 1.71. The zero-order chi connectivity index (χ0) is 14.4. The molecule has 0 aromatic carbocycles. The molecule has 19 heavy (non-hydrogen) atoms. The lowest BCUT2D eigenvalue weighted by Gasteiger charge is -2.17. The van der Waals surface area contributed by atoms with Crippen LogP contribution in [0.2, 0.25) is 0 Å². The van der Waals surface area contributed by atoms with Gasteiger partial charge in [0.15, 0.2) is 0 Å². The van der Waals surface area contributed by atoms with Crippen LogP contribution >= 0.6 is 0 Å². The van der Waals surface area contributed by atoms with Crippen LogP contribution < -0.4 is 10.6 Å². The maximum atomic E-state index is 11.6. The fourth-order valence-electron chi connectivity index (χ4n) is 1.71. The highest BCUT2D eigenvalue weighted by atomic mass is 16.4. The van der Waals surface area contributed by atoms with Gasteiger partial charge in [-0.15, -0.1) is 0 Å². The Morgan fingerprint density at radius 3 is 2.37 bits per heavy atom. The third kappa shape index (κ3) is 5.72. The van der Waals surface area contributed by atoms with Crippen molar-refractivity contribution in [3.8, 4) is 0 Å². The maximum Gasteiger partial charge on any atom is 0.326 e. The van der Waals surface area contributed by atoms with Gasteiger partial charge in [-0.25, -0.2) is 4.79 Å². The SMILES string of the molecule is CC(C)C(NC(=O)CCCNC(=O)C1CC1)C(=O)O. The molecule has 1 rings (SSSR count). The summed E-state index contributed by atoms with van der Waals surface area (Å²) in [6.07, 6.45) is 2.66. The number of carboxylic acid groups (broad SMARTS) is 1. The Hall–Kier alpha value is -1.59. The van der Waals surface area contributed by atoms with Crippen molar-refractivity contribution in [2.24, 2.45) is 11.8 Å². The predicted molar refractivity (Wildman–Crippen MR) is 69.4 cm³/mol. The van der Waals surface area contributed by atoms with Crippen LogP contribution in [0.1, 0.15) is 39.5 Å². The van der Waals surface area contributed by atoms with Gasteiger partial charge >= 0.3 is 5.97 Å². The molecule has 6 nitrogen and oxygen atoms in total. The van der Waals surface area contributed by atoms with E-state index in [0.29, 0.717) is 13.0 Å². The normalized spacial score (nSPS) is 15.9. The number of rotatable bonds is 8. The molecule has 1 atom stereocenters. The predicted octanol–water partition coefficient (Wildman–Crippen LogP) is 0.518. The topological polar surface area (TPSA) is 95.5 Å². The molecule has 1 saturated carbocycles. The molecule has 0 aromatic rings. The Morgan fingerprint density at radius 2 is 1.89 bits per heavy atom. The third-order valence-electron chi connectivity index (χ3n) is 3.08. The molecule has 1 unspecified atom stereocenters. The monoisotopic (exact) mass is 270 g/mol. The van der Waals surface area contributed by atoms with E-state index in [9.17, 15) is 14.4 Å². The minimum atomic E-state index is -1.02. The second kappa shape index (κ2) is 7.11. The quantitative estimate of drug-likeness (QED) is 0.560. The van der Waals surface area contributed by atoms with Crippen molar-refractivity contribution in [2.75, 3.05) is 6.54 Å². The largest absolute Gasteiger partial charge is 0.480 e. The Balaban J connectivity index is 2.15. The van der Waals surface area contributed by atoms with Crippen LogP contribution in [-0.4, -0.2) is 35.5 Å². The van der Waals surface area contributed by atoms with Gasteiger partial charge in [0.25, 0.3) is 0 Å². The Bertz CT molecular complexity index is 351. The second-order valence-electron chi connectivity index (χ2n) is 5.30. The number of amides is 2. The molecule has 0 spiro atoms. The van der Waals surface area contributed by atoms with E-state index in [1.807, 2.05) is 0 Å². The molecule has 0 radical (unpaired) electrons. The first-order valence-corrected chi connectivity index (χ1v) is 6.71. The van der Waals surface area contributed by atoms with Gasteiger partial charge in [-0.2, -0.15) is 0 Å². The van der Waals surface area contributed by atoms with E-state index < -0.39 is 12.0 Å². The van der Waals surface area contributed by atoms with Crippen LogP contribution in [-0.2, 0) is 14.4 Å². The van der Waals surface area contributed by atoms with E-state index in [-0.39, 0.29) is 30.1 Å². The molecule has 1 fully saturated rings. The van der Waals surface area contributed by atoms with Gasteiger partial charge in [-0.3, -0.25) is 9.59 Å². The average molecular weight is 270 g/mol. The Kier molecular flexibility index (Phi) is 5.79. The maximum absolute atomic E-state index is 11.6. The first kappa shape index (κ1) is 15.5. The van der Waals surface area contributed by atoms with Crippen molar-refractivity contribution in [2.45, 2.75) is 45.6 Å². The minimum Gasteiger partial charge on any atom is -0.480 e. The summed E-state index contributed by atoms with van der Waals surface area (Å²) in [4.78, 5) is 33.8. The summed E-state index contributed by atoms with van der Waals surface area (Å²) in [7, 11) is 0. The van der Waals surface area contributed by atoms with Gasteiger partial charge < -0.3 is 15.7 Å². The molecule has 1 aliphatic carbocycles. The van der Waals surface area contributed by atoms with Gasteiger partial charge in [0.2, 0.25) is 11.8 Å². The first-order valence-electron chi connectivity index (χ1n) is 6.71. The van der Waals surface area contributed by atoms with Gasteiger partial charge in [0, 0.05) is 18.9 Å². The van der Waals surface area contributed by atoms with Crippen molar-refractivity contribution in [1.82, 2.24) is 10.6 Å². The second-order valence-corrected chi connectivity index (χ2v) is 5.30. The molecule has 0 aromatic heterocycles. The number of carbonyl (C=O) groups is 3. The molecule has 2 amide bonds. The van der Waals surface area contributed by atoms with E-state index in [2.05, 4.69) is 10.6 Å². The minimum absolute atomic E-state index is 0.0611. The van der Waals surface area contributed by atoms with Crippen molar-refractivity contribution in [3.05, 3.63) is 0 Å². The van der Waals surface area contributed by atoms with Crippen molar-refractivity contribution >= 4 is 17.8 Å². The summed E-state index contributed by atoms with van der Waals surface area (Å²) in [5, 5.41) is 14.2. The highest BCUT2D eigenvalue weighted by Gasteiger charge is 2.29. The lowest BCUT2D eigenvalue weighted by molar-refractivity contribution is -0.143. The fraction of sp³-hybridized carbons (Fsp3) is 0.769. The van der Waals surface area contributed by atoms with Crippen LogP contribution in [0.15, 0.2) is 0 Å². The number of nitrogens with one attached hydrogen (secondary N) is 2. The Labute approximate surface area is 112 Å². The first-order chi connectivity index (χ1) is 8.91. The standard InChI is InChI=1S/C13H22N2O4/c1-8(2)11(13(18)19)15-10(16)4-3-7-14-12(17)9-5-6-9/h8-9,11H,3-7H2,1-2H3,(H,14,17)(H,15,16)(H,18,19). The van der Waals surface area contributed by atoms with Crippen molar-refractivity contribution < 1.29 is 19.5 Å². The van der Waals surface area contributed by atoms with E-state index in [1.54, 1.807) is 13.8 Å². The van der Waals surface area contributed by atoms with Crippen LogP contribution in [0.25, 0.3) is 0 Å². The summed E-state index contributed by atoms with van der Waals surface area (Å²) < 4.78 is 0. The molecule has 3 N–H and O–H groups in total. The molecule has 108 valence electrons. The van der Waals surface area contributed by atoms with Crippen LogP contribution in [0, 0.1) is 11.8 Å². The third-order valence-corrected chi connectivity index (χ3v) is 3.08. The highest BCUT2D eigenvalue weighted by molar-refractivity contribution is 5.84. The lowest BCUT2D eigenvalue weighted by atomic mass is 10.0. The molecule has 0 aliphatic heterocycles. The zero-order valence-corrected chi connectivity index (χ0v) is 11.4.